The first-order valence-electron chi connectivity index (χ1n) is 8.60. The maximum Gasteiger partial charge on any atom is 0.262 e. The Morgan fingerprint density at radius 2 is 1.83 bits per heavy atom. The minimum Gasteiger partial charge on any atom is -0.351 e. The molecule has 2 aromatic carbocycles. The first-order valence-corrected chi connectivity index (χ1v) is 11.0. The third-order valence-electron chi connectivity index (χ3n) is 4.19. The first-order chi connectivity index (χ1) is 14.1. The smallest absolute Gasteiger partial charge is 0.262 e. The number of hydrogen-bond acceptors (Lipinski definition) is 5. The molecule has 0 saturated carbocycles. The molecule has 0 radical (unpaired) electrons. The predicted octanol–water partition coefficient (Wildman–Crippen LogP) is 4.22. The summed E-state index contributed by atoms with van der Waals surface area (Å²) in [5.41, 5.74) is -0.199. The van der Waals surface area contributed by atoms with E-state index in [1.54, 1.807) is 0 Å². The molecule has 2 N–H and O–H groups in total. The summed E-state index contributed by atoms with van der Waals surface area (Å²) in [4.78, 5) is 16.5. The average molecular weight is 477 g/mol. The maximum absolute atomic E-state index is 14.4. The number of benzene rings is 2. The summed E-state index contributed by atoms with van der Waals surface area (Å²) in [7, 11) is -2.36. The second kappa shape index (κ2) is 8.75. The summed E-state index contributed by atoms with van der Waals surface area (Å²) >= 11 is 12.6. The van der Waals surface area contributed by atoms with Crippen molar-refractivity contribution in [3.8, 4) is 0 Å². The molecule has 0 aliphatic carbocycles. The lowest BCUT2D eigenvalue weighted by atomic mass is 10.2. The molecular weight excluding hydrogens is 461 g/mol. The van der Waals surface area contributed by atoms with Gasteiger partial charge in [0.2, 0.25) is 10.0 Å². The molecule has 160 valence electrons. The molecule has 0 bridgehead atoms. The molecule has 0 spiro atoms. The Labute approximate surface area is 180 Å². The van der Waals surface area contributed by atoms with Gasteiger partial charge in [-0.3, -0.25) is 13.9 Å². The zero-order chi connectivity index (χ0) is 22.1. The normalized spacial score (nSPS) is 11.6. The van der Waals surface area contributed by atoms with Crippen LogP contribution in [0, 0.1) is 5.82 Å². The molecule has 0 aliphatic rings. The van der Waals surface area contributed by atoms with Crippen LogP contribution in [0.15, 0.2) is 35.4 Å². The van der Waals surface area contributed by atoms with Gasteiger partial charge in [-0.05, 0) is 30.7 Å². The van der Waals surface area contributed by atoms with Gasteiger partial charge in [-0.25, -0.2) is 17.8 Å². The van der Waals surface area contributed by atoms with E-state index in [2.05, 4.69) is 15.0 Å². The molecule has 0 saturated heterocycles. The fourth-order valence-corrected chi connectivity index (χ4v) is 4.38. The van der Waals surface area contributed by atoms with Crippen LogP contribution in [0.3, 0.4) is 0 Å². The van der Waals surface area contributed by atoms with E-state index in [0.717, 1.165) is 12.1 Å². The van der Waals surface area contributed by atoms with E-state index in [1.165, 1.54) is 30.1 Å². The molecule has 0 amide bonds. The maximum atomic E-state index is 14.4. The highest BCUT2D eigenvalue weighted by atomic mass is 35.5. The van der Waals surface area contributed by atoms with Crippen LogP contribution in [0.2, 0.25) is 10.0 Å². The van der Waals surface area contributed by atoms with Crippen LogP contribution in [0.5, 0.6) is 0 Å². The summed E-state index contributed by atoms with van der Waals surface area (Å²) < 4.78 is 54.2. The van der Waals surface area contributed by atoms with Gasteiger partial charge in [0.05, 0.1) is 56.8 Å². The molecule has 7 nitrogen and oxygen atoms in total. The zero-order valence-corrected chi connectivity index (χ0v) is 17.9. The lowest BCUT2D eigenvalue weighted by molar-refractivity contribution is 0.484. The van der Waals surface area contributed by atoms with Gasteiger partial charge in [0.1, 0.15) is 5.82 Å². The molecule has 30 heavy (non-hydrogen) atoms. The van der Waals surface area contributed by atoms with Crippen LogP contribution in [-0.2, 0) is 17.1 Å². The summed E-state index contributed by atoms with van der Waals surface area (Å²) in [5.74, 6) is -1.23. The average Bonchev–Trinajstić information content (AvgIpc) is 2.70. The van der Waals surface area contributed by atoms with Crippen molar-refractivity contribution in [1.82, 2.24) is 9.55 Å². The van der Waals surface area contributed by atoms with Gasteiger partial charge in [-0.1, -0.05) is 23.2 Å². The van der Waals surface area contributed by atoms with E-state index in [-0.39, 0.29) is 38.9 Å². The molecular formula is C18H16Cl2F2N4O3S. The topological polar surface area (TPSA) is 93.1 Å². The van der Waals surface area contributed by atoms with Crippen LogP contribution in [0.25, 0.3) is 10.9 Å². The van der Waals surface area contributed by atoms with E-state index >= 15 is 0 Å². The quantitative estimate of drug-likeness (QED) is 0.532. The van der Waals surface area contributed by atoms with Gasteiger partial charge in [0.15, 0.2) is 0 Å². The van der Waals surface area contributed by atoms with Gasteiger partial charge in [0, 0.05) is 7.05 Å². The Morgan fingerprint density at radius 3 is 2.53 bits per heavy atom. The number of fused-ring (bicyclic) bond motifs is 1. The van der Waals surface area contributed by atoms with Gasteiger partial charge in [-0.15, -0.1) is 0 Å². The fourth-order valence-electron chi connectivity index (χ4n) is 2.69. The second-order valence-electron chi connectivity index (χ2n) is 6.35. The third kappa shape index (κ3) is 4.50. The highest BCUT2D eigenvalue weighted by Gasteiger charge is 2.19. The SMILES string of the molecule is Cn1cnc2ccc(Nc3c(F)ccc(NS(=O)(=O)CCCF)c3Cl)c(Cl)c2c1=O. The van der Waals surface area contributed by atoms with Gasteiger partial charge >= 0.3 is 0 Å². The van der Waals surface area contributed by atoms with Gasteiger partial charge in [0.25, 0.3) is 5.56 Å². The number of hydrogen-bond donors (Lipinski definition) is 2. The van der Waals surface area contributed by atoms with Crippen LogP contribution in [0.4, 0.5) is 25.8 Å². The van der Waals surface area contributed by atoms with E-state index in [0.29, 0.717) is 5.52 Å². The summed E-state index contributed by atoms with van der Waals surface area (Å²) in [6.45, 7) is -0.792. The summed E-state index contributed by atoms with van der Waals surface area (Å²) in [6.07, 6.45) is 1.16. The predicted molar refractivity (Wildman–Crippen MR) is 115 cm³/mol. The minimum absolute atomic E-state index is 0.00518. The fraction of sp³-hybridized carbons (Fsp3) is 0.222. The van der Waals surface area contributed by atoms with Crippen molar-refractivity contribution < 1.29 is 17.2 Å². The van der Waals surface area contributed by atoms with Crippen LogP contribution in [0.1, 0.15) is 6.42 Å². The monoisotopic (exact) mass is 476 g/mol. The van der Waals surface area contributed by atoms with Crippen molar-refractivity contribution in [2.75, 3.05) is 22.5 Å². The number of nitrogens with one attached hydrogen (secondary N) is 2. The van der Waals surface area contributed by atoms with Crippen molar-refractivity contribution in [3.05, 3.63) is 56.8 Å². The van der Waals surface area contributed by atoms with Crippen molar-refractivity contribution >= 4 is 61.2 Å². The molecule has 0 aliphatic heterocycles. The molecule has 0 unspecified atom stereocenters. The molecule has 1 heterocycles. The Bertz CT molecular complexity index is 1280. The number of sulfonamides is 1. The van der Waals surface area contributed by atoms with Crippen LogP contribution < -0.4 is 15.6 Å². The Hall–Kier alpha value is -2.43. The van der Waals surface area contributed by atoms with E-state index in [4.69, 9.17) is 23.2 Å². The number of alkyl halides is 1. The van der Waals surface area contributed by atoms with Crippen molar-refractivity contribution in [2.45, 2.75) is 6.42 Å². The molecule has 3 aromatic rings. The Balaban J connectivity index is 2.02. The lowest BCUT2D eigenvalue weighted by Crippen LogP contribution is -2.18. The van der Waals surface area contributed by atoms with Crippen LogP contribution >= 0.6 is 23.2 Å². The highest BCUT2D eigenvalue weighted by molar-refractivity contribution is 7.92. The number of halogens is 4. The number of anilines is 3. The minimum atomic E-state index is -3.87. The van der Waals surface area contributed by atoms with Crippen LogP contribution in [-0.4, -0.2) is 30.4 Å². The first kappa shape index (κ1) is 22.3. The third-order valence-corrected chi connectivity index (χ3v) is 6.33. The number of aryl methyl sites for hydroxylation is 1. The zero-order valence-electron chi connectivity index (χ0n) is 15.5. The summed E-state index contributed by atoms with van der Waals surface area (Å²) in [6, 6.07) is 5.18. The molecule has 0 fully saturated rings. The van der Waals surface area contributed by atoms with Gasteiger partial charge < -0.3 is 9.88 Å². The number of rotatable bonds is 7. The largest absolute Gasteiger partial charge is 0.351 e. The Kier molecular flexibility index (Phi) is 6.49. The van der Waals surface area contributed by atoms with Crippen molar-refractivity contribution in [2.24, 2.45) is 7.05 Å². The van der Waals surface area contributed by atoms with E-state index in [1.807, 2.05) is 0 Å². The van der Waals surface area contributed by atoms with E-state index in [9.17, 15) is 22.0 Å². The number of nitrogens with zero attached hydrogens (tertiary/aromatic N) is 2. The lowest BCUT2D eigenvalue weighted by Gasteiger charge is -2.16. The van der Waals surface area contributed by atoms with Gasteiger partial charge in [-0.2, -0.15) is 0 Å². The Morgan fingerprint density at radius 1 is 1.13 bits per heavy atom. The summed E-state index contributed by atoms with van der Waals surface area (Å²) in [5, 5.41) is 2.59. The van der Waals surface area contributed by atoms with E-state index < -0.39 is 33.8 Å². The molecule has 1 aromatic heterocycles. The number of aromatic nitrogens is 2. The second-order valence-corrected chi connectivity index (χ2v) is 8.95. The molecule has 0 atom stereocenters. The standard InChI is InChI=1S/C18H16Cl2F2N4O3S/c1-26-9-23-11-5-6-12(15(19)14(11)18(26)27)24-17-10(22)3-4-13(16(17)20)25-30(28,29)8-2-7-21/h3-6,9,24-25H,2,7-8H2,1H3. The molecule has 3 rings (SSSR count). The molecule has 12 heteroatoms. The van der Waals surface area contributed by atoms with Crippen molar-refractivity contribution in [3.63, 3.8) is 0 Å². The van der Waals surface area contributed by atoms with Crippen molar-refractivity contribution in [1.29, 1.82) is 0 Å². The highest BCUT2D eigenvalue weighted by Crippen LogP contribution is 2.38.